The number of thiophene rings is 1. The summed E-state index contributed by atoms with van der Waals surface area (Å²) in [6, 6.07) is 17.9. The van der Waals surface area contributed by atoms with Gasteiger partial charge in [-0.15, -0.1) is 11.3 Å². The minimum Gasteiger partial charge on any atom is -0.325 e. The van der Waals surface area contributed by atoms with Gasteiger partial charge in [0.15, 0.2) is 0 Å². The smallest absolute Gasteiger partial charge is 0.284 e. The third kappa shape index (κ3) is 5.05. The van der Waals surface area contributed by atoms with E-state index in [1.54, 1.807) is 11.5 Å². The first-order valence-corrected chi connectivity index (χ1v) is 11.0. The van der Waals surface area contributed by atoms with Crippen molar-refractivity contribution in [3.8, 4) is 0 Å². The molecule has 0 aliphatic carbocycles. The van der Waals surface area contributed by atoms with E-state index in [4.69, 9.17) is 5.21 Å². The SMILES string of the molecule is O=C(CN1CCC(Cc2ccccc2)CC1)Nc1ccc2cc(C(=O)NO)sc2c1. The van der Waals surface area contributed by atoms with Gasteiger partial charge in [0.2, 0.25) is 5.91 Å². The van der Waals surface area contributed by atoms with Crippen molar-refractivity contribution in [2.75, 3.05) is 25.0 Å². The zero-order valence-electron chi connectivity index (χ0n) is 16.6. The van der Waals surface area contributed by atoms with Crippen molar-refractivity contribution < 1.29 is 14.8 Å². The number of nitrogens with one attached hydrogen (secondary N) is 2. The van der Waals surface area contributed by atoms with E-state index in [0.29, 0.717) is 23.0 Å². The average molecular weight is 424 g/mol. The standard InChI is InChI=1S/C23H25N3O3S/c27-22(15-26-10-8-17(9-11-26)12-16-4-2-1-3-5-16)24-19-7-6-18-13-21(23(28)25-29)30-20(18)14-19/h1-7,13-14,17,29H,8-12,15H2,(H,24,27)(H,25,28). The fourth-order valence-corrected chi connectivity index (χ4v) is 4.97. The highest BCUT2D eigenvalue weighted by molar-refractivity contribution is 7.20. The van der Waals surface area contributed by atoms with Crippen molar-refractivity contribution >= 4 is 38.9 Å². The summed E-state index contributed by atoms with van der Waals surface area (Å²) in [5.41, 5.74) is 3.75. The lowest BCUT2D eigenvalue weighted by Gasteiger charge is -2.31. The third-order valence-corrected chi connectivity index (χ3v) is 6.67. The highest BCUT2D eigenvalue weighted by Gasteiger charge is 2.21. The van der Waals surface area contributed by atoms with Crippen molar-refractivity contribution in [1.29, 1.82) is 0 Å². The van der Waals surface area contributed by atoms with E-state index >= 15 is 0 Å². The second kappa shape index (κ2) is 9.38. The number of anilines is 1. The number of nitrogens with zero attached hydrogens (tertiary/aromatic N) is 1. The fourth-order valence-electron chi connectivity index (χ4n) is 3.98. The Hall–Kier alpha value is -2.74. The number of hydrogen-bond acceptors (Lipinski definition) is 5. The molecule has 1 fully saturated rings. The number of rotatable bonds is 6. The Kier molecular flexibility index (Phi) is 6.42. The molecule has 1 saturated heterocycles. The highest BCUT2D eigenvalue weighted by atomic mass is 32.1. The molecule has 1 aliphatic heterocycles. The zero-order valence-corrected chi connectivity index (χ0v) is 17.5. The molecule has 2 amide bonds. The van der Waals surface area contributed by atoms with Gasteiger partial charge in [-0.3, -0.25) is 19.7 Å². The first-order valence-electron chi connectivity index (χ1n) is 10.1. The Morgan fingerprint density at radius 2 is 1.83 bits per heavy atom. The van der Waals surface area contributed by atoms with Crippen LogP contribution in [0.15, 0.2) is 54.6 Å². The summed E-state index contributed by atoms with van der Waals surface area (Å²) in [4.78, 5) is 26.7. The van der Waals surface area contributed by atoms with Gasteiger partial charge in [0.1, 0.15) is 0 Å². The normalized spacial score (nSPS) is 15.2. The molecule has 2 aromatic carbocycles. The molecule has 6 nitrogen and oxygen atoms in total. The van der Waals surface area contributed by atoms with E-state index in [-0.39, 0.29) is 5.91 Å². The molecule has 156 valence electrons. The number of carbonyl (C=O) groups excluding carboxylic acids is 2. The van der Waals surface area contributed by atoms with Gasteiger partial charge in [-0.2, -0.15) is 0 Å². The molecule has 0 radical (unpaired) electrons. The van der Waals surface area contributed by atoms with Crippen LogP contribution >= 0.6 is 11.3 Å². The Bertz CT molecular complexity index is 1030. The van der Waals surface area contributed by atoms with Crippen LogP contribution in [0.3, 0.4) is 0 Å². The summed E-state index contributed by atoms with van der Waals surface area (Å²) in [6.07, 6.45) is 3.33. The largest absolute Gasteiger partial charge is 0.325 e. The Morgan fingerprint density at radius 1 is 1.07 bits per heavy atom. The lowest BCUT2D eigenvalue weighted by Crippen LogP contribution is -2.39. The first kappa shape index (κ1) is 20.5. The van der Waals surface area contributed by atoms with Gasteiger partial charge < -0.3 is 5.32 Å². The maximum atomic E-state index is 12.5. The van der Waals surface area contributed by atoms with Crippen molar-refractivity contribution in [2.45, 2.75) is 19.3 Å². The molecule has 0 spiro atoms. The van der Waals surface area contributed by atoms with Crippen LogP contribution in [0, 0.1) is 5.92 Å². The number of hydrogen-bond donors (Lipinski definition) is 3. The first-order chi connectivity index (χ1) is 14.6. The van der Waals surface area contributed by atoms with Crippen molar-refractivity contribution in [3.63, 3.8) is 0 Å². The average Bonchev–Trinajstić information content (AvgIpc) is 3.19. The zero-order chi connectivity index (χ0) is 20.9. The molecule has 4 rings (SSSR count). The minimum absolute atomic E-state index is 0.0271. The van der Waals surface area contributed by atoms with E-state index < -0.39 is 5.91 Å². The quantitative estimate of drug-likeness (QED) is 0.415. The predicted octanol–water partition coefficient (Wildman–Crippen LogP) is 3.91. The lowest BCUT2D eigenvalue weighted by atomic mass is 9.90. The molecule has 0 atom stereocenters. The fraction of sp³-hybridized carbons (Fsp3) is 0.304. The van der Waals surface area contributed by atoms with Crippen LogP contribution in [0.25, 0.3) is 10.1 Å². The monoisotopic (exact) mass is 423 g/mol. The van der Waals surface area contributed by atoms with Crippen molar-refractivity contribution in [3.05, 3.63) is 65.0 Å². The van der Waals surface area contributed by atoms with Crippen LogP contribution in [0.4, 0.5) is 5.69 Å². The molecule has 0 saturated carbocycles. The van der Waals surface area contributed by atoms with Gasteiger partial charge in [0.05, 0.1) is 11.4 Å². The second-order valence-electron chi connectivity index (χ2n) is 7.76. The van der Waals surface area contributed by atoms with Crippen LogP contribution in [-0.4, -0.2) is 41.6 Å². The molecule has 3 aromatic rings. The minimum atomic E-state index is -0.530. The van der Waals surface area contributed by atoms with Crippen LogP contribution in [0.2, 0.25) is 0 Å². The Labute approximate surface area is 179 Å². The number of benzene rings is 2. The van der Waals surface area contributed by atoms with Gasteiger partial charge in [0, 0.05) is 10.4 Å². The summed E-state index contributed by atoms with van der Waals surface area (Å²) < 4.78 is 0.883. The van der Waals surface area contributed by atoms with E-state index in [1.165, 1.54) is 16.9 Å². The summed E-state index contributed by atoms with van der Waals surface area (Å²) in [5.74, 6) is 0.122. The molecule has 0 unspecified atom stereocenters. The molecule has 2 heterocycles. The summed E-state index contributed by atoms with van der Waals surface area (Å²) in [7, 11) is 0. The van der Waals surface area contributed by atoms with Gasteiger partial charge in [-0.25, -0.2) is 5.48 Å². The van der Waals surface area contributed by atoms with E-state index in [2.05, 4.69) is 34.5 Å². The second-order valence-corrected chi connectivity index (χ2v) is 8.85. The summed E-state index contributed by atoms with van der Waals surface area (Å²) in [6.45, 7) is 2.27. The Morgan fingerprint density at radius 3 is 2.57 bits per heavy atom. The van der Waals surface area contributed by atoms with Gasteiger partial charge in [-0.1, -0.05) is 36.4 Å². The molecule has 30 heavy (non-hydrogen) atoms. The van der Waals surface area contributed by atoms with Crippen LogP contribution < -0.4 is 10.8 Å². The maximum absolute atomic E-state index is 12.5. The van der Waals surface area contributed by atoms with Crippen LogP contribution in [-0.2, 0) is 11.2 Å². The van der Waals surface area contributed by atoms with E-state index in [1.807, 2.05) is 24.3 Å². The summed E-state index contributed by atoms with van der Waals surface area (Å²) in [5, 5.41) is 12.6. The maximum Gasteiger partial charge on any atom is 0.284 e. The lowest BCUT2D eigenvalue weighted by molar-refractivity contribution is -0.117. The molecule has 3 N–H and O–H groups in total. The molecule has 7 heteroatoms. The number of hydroxylamine groups is 1. The number of carbonyl (C=O) groups is 2. The number of piperidine rings is 1. The molecule has 0 bridgehead atoms. The van der Waals surface area contributed by atoms with Crippen LogP contribution in [0.5, 0.6) is 0 Å². The topological polar surface area (TPSA) is 81.7 Å². The van der Waals surface area contributed by atoms with Gasteiger partial charge in [-0.05, 0) is 67.4 Å². The van der Waals surface area contributed by atoms with E-state index in [0.717, 1.165) is 42.4 Å². The predicted molar refractivity (Wildman–Crippen MR) is 119 cm³/mol. The third-order valence-electron chi connectivity index (χ3n) is 5.57. The van der Waals surface area contributed by atoms with E-state index in [9.17, 15) is 9.59 Å². The molecule has 1 aliphatic rings. The number of amides is 2. The molecular weight excluding hydrogens is 398 g/mol. The van der Waals surface area contributed by atoms with Crippen LogP contribution in [0.1, 0.15) is 28.1 Å². The molecule has 1 aromatic heterocycles. The van der Waals surface area contributed by atoms with Gasteiger partial charge in [0.25, 0.3) is 5.91 Å². The highest BCUT2D eigenvalue weighted by Crippen LogP contribution is 2.28. The van der Waals surface area contributed by atoms with Crippen molar-refractivity contribution in [1.82, 2.24) is 10.4 Å². The summed E-state index contributed by atoms with van der Waals surface area (Å²) >= 11 is 1.27. The molecular formula is C23H25N3O3S. The number of fused-ring (bicyclic) bond motifs is 1. The Balaban J connectivity index is 1.28. The number of likely N-dealkylation sites (tertiary alicyclic amines) is 1. The van der Waals surface area contributed by atoms with Gasteiger partial charge >= 0.3 is 0 Å². The van der Waals surface area contributed by atoms with Crippen molar-refractivity contribution in [2.24, 2.45) is 5.92 Å².